The average Bonchev–Trinajstić information content (AvgIpc) is 3.14. The summed E-state index contributed by atoms with van der Waals surface area (Å²) < 4.78 is 26.2. The Morgan fingerprint density at radius 3 is 2.53 bits per heavy atom. The average molecular weight is 296 g/mol. The van der Waals surface area contributed by atoms with E-state index in [1.807, 2.05) is 29.9 Å². The van der Waals surface area contributed by atoms with Crippen LogP contribution in [0.25, 0.3) is 11.3 Å². The van der Waals surface area contributed by atoms with Crippen molar-refractivity contribution in [3.63, 3.8) is 0 Å². The molecule has 0 N–H and O–H groups in total. The van der Waals surface area contributed by atoms with Gasteiger partial charge in [0.2, 0.25) is 0 Å². The van der Waals surface area contributed by atoms with Crippen molar-refractivity contribution in [3.05, 3.63) is 41.6 Å². The first-order valence-electron chi connectivity index (χ1n) is 6.15. The summed E-state index contributed by atoms with van der Waals surface area (Å²) in [6.45, 7) is 0. The maximum Gasteiger partial charge on any atom is 0.181 e. The predicted molar refractivity (Wildman–Crippen MR) is 76.1 cm³/mol. The van der Waals surface area contributed by atoms with Crippen LogP contribution in [0.4, 0.5) is 0 Å². The lowest BCUT2D eigenvalue weighted by Crippen LogP contribution is -2.07. The van der Waals surface area contributed by atoms with Crippen LogP contribution in [0, 0.1) is 0 Å². The van der Waals surface area contributed by atoms with Crippen LogP contribution in [0.15, 0.2) is 41.4 Å². The summed E-state index contributed by atoms with van der Waals surface area (Å²) in [6, 6.07) is 8.89. The Balaban J connectivity index is 2.06. The lowest BCUT2D eigenvalue weighted by Gasteiger charge is -2.09. The largest absolute Gasteiger partial charge is 0.351 e. The molecular formula is C14H14ClNO2S. The Hall–Kier alpha value is -1.26. The first-order chi connectivity index (χ1) is 9.00. The van der Waals surface area contributed by atoms with Gasteiger partial charge in [-0.05, 0) is 37.1 Å². The molecule has 0 aliphatic heterocycles. The number of rotatable bonds is 3. The van der Waals surface area contributed by atoms with Gasteiger partial charge in [-0.15, -0.1) is 0 Å². The second kappa shape index (κ2) is 4.39. The monoisotopic (exact) mass is 295 g/mol. The molecule has 0 radical (unpaired) electrons. The van der Waals surface area contributed by atoms with E-state index in [0.717, 1.165) is 24.1 Å². The second-order valence-corrected chi connectivity index (χ2v) is 7.53. The van der Waals surface area contributed by atoms with E-state index in [2.05, 4.69) is 0 Å². The Morgan fingerprint density at radius 1 is 1.26 bits per heavy atom. The van der Waals surface area contributed by atoms with Gasteiger partial charge in [0.05, 0.1) is 15.2 Å². The Kier molecular flexibility index (Phi) is 2.95. The van der Waals surface area contributed by atoms with Gasteiger partial charge in [-0.2, -0.15) is 0 Å². The first-order valence-corrected chi connectivity index (χ1v) is 8.08. The van der Waals surface area contributed by atoms with Crippen LogP contribution in [0.1, 0.15) is 12.8 Å². The Labute approximate surface area is 117 Å². The number of aromatic nitrogens is 1. The van der Waals surface area contributed by atoms with E-state index < -0.39 is 9.84 Å². The Morgan fingerprint density at radius 2 is 2.00 bits per heavy atom. The molecule has 2 aromatic rings. The number of aryl methyl sites for hydroxylation is 1. The Bertz CT molecular complexity index is 730. The minimum atomic E-state index is -3.18. The maximum atomic E-state index is 12.1. The zero-order valence-corrected chi connectivity index (χ0v) is 12.1. The third kappa shape index (κ3) is 2.19. The molecular weight excluding hydrogens is 282 g/mol. The van der Waals surface area contributed by atoms with Gasteiger partial charge in [0.15, 0.2) is 9.84 Å². The van der Waals surface area contributed by atoms with E-state index in [1.54, 1.807) is 18.2 Å². The van der Waals surface area contributed by atoms with Crippen LogP contribution in [-0.4, -0.2) is 18.2 Å². The van der Waals surface area contributed by atoms with Crippen molar-refractivity contribution < 1.29 is 8.42 Å². The van der Waals surface area contributed by atoms with Gasteiger partial charge in [-0.25, -0.2) is 8.42 Å². The van der Waals surface area contributed by atoms with E-state index in [0.29, 0.717) is 9.92 Å². The second-order valence-electron chi connectivity index (χ2n) is 4.89. The molecule has 0 unspecified atom stereocenters. The lowest BCUT2D eigenvalue weighted by atomic mass is 10.1. The fourth-order valence-electron chi connectivity index (χ4n) is 2.19. The molecule has 1 heterocycles. The van der Waals surface area contributed by atoms with Gasteiger partial charge in [-0.3, -0.25) is 0 Å². The summed E-state index contributed by atoms with van der Waals surface area (Å²) in [6.07, 6.45) is 3.46. The normalized spacial score (nSPS) is 15.7. The van der Waals surface area contributed by atoms with Crippen molar-refractivity contribution in [2.45, 2.75) is 23.0 Å². The quantitative estimate of drug-likeness (QED) is 0.871. The van der Waals surface area contributed by atoms with E-state index in [9.17, 15) is 8.42 Å². The zero-order chi connectivity index (χ0) is 13.6. The summed E-state index contributed by atoms with van der Waals surface area (Å²) in [4.78, 5) is 0.331. The molecule has 100 valence electrons. The molecule has 19 heavy (non-hydrogen) atoms. The van der Waals surface area contributed by atoms with E-state index >= 15 is 0 Å². The molecule has 0 bridgehead atoms. The molecule has 1 aromatic heterocycles. The molecule has 1 aliphatic carbocycles. The van der Waals surface area contributed by atoms with Gasteiger partial charge in [0.1, 0.15) is 0 Å². The molecule has 0 atom stereocenters. The lowest BCUT2D eigenvalue weighted by molar-refractivity contribution is 0.595. The summed E-state index contributed by atoms with van der Waals surface area (Å²) in [5, 5.41) is 0.271. The highest BCUT2D eigenvalue weighted by atomic mass is 35.5. The highest BCUT2D eigenvalue weighted by molar-refractivity contribution is 7.92. The highest BCUT2D eigenvalue weighted by Crippen LogP contribution is 2.36. The SMILES string of the molecule is Cn1cccc1-c1ccc(S(=O)(=O)C2CC2)cc1Cl. The fourth-order valence-corrected chi connectivity index (χ4v) is 4.22. The molecule has 3 nitrogen and oxygen atoms in total. The van der Waals surface area contributed by atoms with Crippen LogP contribution in [0.2, 0.25) is 5.02 Å². The minimum Gasteiger partial charge on any atom is -0.351 e. The molecule has 0 spiro atoms. The number of halogens is 1. The molecule has 3 rings (SSSR count). The standard InChI is InChI=1S/C14H14ClNO2S/c1-16-8-2-3-14(16)12-7-6-11(9-13(12)15)19(17,18)10-4-5-10/h2-3,6-10H,4-5H2,1H3. The number of sulfone groups is 1. The van der Waals surface area contributed by atoms with Gasteiger partial charge in [0.25, 0.3) is 0 Å². The fraction of sp³-hybridized carbons (Fsp3) is 0.286. The van der Waals surface area contributed by atoms with Gasteiger partial charge in [0, 0.05) is 24.5 Å². The number of benzene rings is 1. The number of hydrogen-bond acceptors (Lipinski definition) is 2. The van der Waals surface area contributed by atoms with Gasteiger partial charge in [-0.1, -0.05) is 17.7 Å². The molecule has 0 amide bonds. The van der Waals surface area contributed by atoms with E-state index in [1.165, 1.54) is 0 Å². The summed E-state index contributed by atoms with van der Waals surface area (Å²) >= 11 is 6.25. The smallest absolute Gasteiger partial charge is 0.181 e. The van der Waals surface area contributed by atoms with Crippen molar-refractivity contribution in [1.29, 1.82) is 0 Å². The summed E-state index contributed by atoms with van der Waals surface area (Å²) in [7, 11) is -1.24. The highest BCUT2D eigenvalue weighted by Gasteiger charge is 2.37. The molecule has 1 fully saturated rings. The third-order valence-corrected chi connectivity index (χ3v) is 6.02. The molecule has 0 saturated heterocycles. The summed E-state index contributed by atoms with van der Waals surface area (Å²) in [5.74, 6) is 0. The van der Waals surface area contributed by atoms with Gasteiger partial charge < -0.3 is 4.57 Å². The van der Waals surface area contributed by atoms with Crippen LogP contribution in [-0.2, 0) is 16.9 Å². The summed E-state index contributed by atoms with van der Waals surface area (Å²) in [5.41, 5.74) is 1.82. The van der Waals surface area contributed by atoms with Crippen LogP contribution >= 0.6 is 11.6 Å². The molecule has 1 aliphatic rings. The molecule has 5 heteroatoms. The van der Waals surface area contributed by atoms with Crippen LogP contribution < -0.4 is 0 Å². The first kappa shape index (κ1) is 12.8. The number of nitrogens with zero attached hydrogens (tertiary/aromatic N) is 1. The maximum absolute atomic E-state index is 12.1. The molecule has 1 aromatic carbocycles. The van der Waals surface area contributed by atoms with Crippen molar-refractivity contribution >= 4 is 21.4 Å². The van der Waals surface area contributed by atoms with Crippen molar-refractivity contribution in [2.75, 3.05) is 0 Å². The third-order valence-electron chi connectivity index (χ3n) is 3.45. The van der Waals surface area contributed by atoms with Crippen LogP contribution in [0.3, 0.4) is 0 Å². The zero-order valence-electron chi connectivity index (χ0n) is 10.5. The predicted octanol–water partition coefficient (Wildman–Crippen LogP) is 3.28. The topological polar surface area (TPSA) is 39.1 Å². The van der Waals surface area contributed by atoms with Crippen molar-refractivity contribution in [1.82, 2.24) is 4.57 Å². The number of hydrogen-bond donors (Lipinski definition) is 0. The minimum absolute atomic E-state index is 0.204. The van der Waals surface area contributed by atoms with Crippen molar-refractivity contribution in [3.8, 4) is 11.3 Å². The van der Waals surface area contributed by atoms with Crippen molar-refractivity contribution in [2.24, 2.45) is 7.05 Å². The van der Waals surface area contributed by atoms with E-state index in [4.69, 9.17) is 11.6 Å². The van der Waals surface area contributed by atoms with Gasteiger partial charge >= 0.3 is 0 Å². The van der Waals surface area contributed by atoms with E-state index in [-0.39, 0.29) is 5.25 Å². The molecule has 1 saturated carbocycles. The van der Waals surface area contributed by atoms with Crippen LogP contribution in [0.5, 0.6) is 0 Å².